The van der Waals surface area contributed by atoms with Gasteiger partial charge in [0.15, 0.2) is 0 Å². The minimum absolute atomic E-state index is 0.0261. The van der Waals surface area contributed by atoms with E-state index in [-0.39, 0.29) is 29.3 Å². The average molecular weight is 415 g/mol. The normalized spacial score (nSPS) is 16.6. The number of nitrogens with zero attached hydrogens (tertiary/aromatic N) is 3. The van der Waals surface area contributed by atoms with Crippen molar-refractivity contribution >= 4 is 17.7 Å². The van der Waals surface area contributed by atoms with Gasteiger partial charge in [-0.15, -0.1) is 11.8 Å². The zero-order valence-electron chi connectivity index (χ0n) is 15.9. The second-order valence-electron chi connectivity index (χ2n) is 6.90. The Kier molecular flexibility index (Phi) is 5.04. The summed E-state index contributed by atoms with van der Waals surface area (Å²) in [6.45, 7) is 1.80. The van der Waals surface area contributed by atoms with Crippen LogP contribution in [0.25, 0.3) is 5.69 Å². The van der Waals surface area contributed by atoms with Crippen molar-refractivity contribution in [3.63, 3.8) is 0 Å². The number of carbonyl (C=O) groups is 1. The highest BCUT2D eigenvalue weighted by atomic mass is 32.2. The minimum atomic E-state index is -0.708. The molecule has 1 aliphatic rings. The number of hydrogen-bond donors (Lipinski definition) is 0. The van der Waals surface area contributed by atoms with Crippen molar-refractivity contribution in [2.45, 2.75) is 18.8 Å². The Hall–Kier alpha value is -2.87. The number of benzene rings is 2. The average Bonchev–Trinajstić information content (AvgIpc) is 3.15. The highest BCUT2D eigenvalue weighted by Crippen LogP contribution is 2.40. The largest absolute Gasteiger partial charge is 0.321 e. The van der Waals surface area contributed by atoms with Crippen molar-refractivity contribution in [2.75, 3.05) is 5.75 Å². The first-order valence-corrected chi connectivity index (χ1v) is 10.1. The van der Waals surface area contributed by atoms with Gasteiger partial charge >= 0.3 is 0 Å². The molecule has 0 saturated carbocycles. The van der Waals surface area contributed by atoms with E-state index in [4.69, 9.17) is 0 Å². The summed E-state index contributed by atoms with van der Waals surface area (Å²) < 4.78 is 30.7. The molecule has 3 aromatic rings. The molecule has 1 atom stereocenters. The third-order valence-corrected chi connectivity index (χ3v) is 6.39. The molecule has 0 spiro atoms. The molecule has 2 aromatic carbocycles. The molecule has 150 valence electrons. The molecule has 1 aromatic heterocycles. The fraction of sp³-hybridized carbons (Fsp3) is 0.238. The van der Waals surface area contributed by atoms with Crippen LogP contribution in [0.1, 0.15) is 22.2 Å². The van der Waals surface area contributed by atoms with Gasteiger partial charge in [-0.25, -0.2) is 13.5 Å². The summed E-state index contributed by atoms with van der Waals surface area (Å²) in [5, 5.41) is -0.532. The van der Waals surface area contributed by atoms with Crippen LogP contribution in [-0.4, -0.2) is 25.9 Å². The molecular weight excluding hydrogens is 396 g/mol. The number of thioether (sulfide) groups is 1. The van der Waals surface area contributed by atoms with Gasteiger partial charge in [0.1, 0.15) is 17.0 Å². The molecule has 0 N–H and O–H groups in total. The lowest BCUT2D eigenvalue weighted by atomic mass is 10.1. The lowest BCUT2D eigenvalue weighted by Crippen LogP contribution is -2.31. The van der Waals surface area contributed by atoms with Crippen molar-refractivity contribution in [3.05, 3.63) is 87.3 Å². The molecule has 1 amide bonds. The van der Waals surface area contributed by atoms with Gasteiger partial charge < -0.3 is 4.90 Å². The van der Waals surface area contributed by atoms with Gasteiger partial charge in [-0.05, 0) is 25.1 Å². The Bertz CT molecular complexity index is 1140. The van der Waals surface area contributed by atoms with Gasteiger partial charge in [0.2, 0.25) is 5.91 Å². The molecule has 1 fully saturated rings. The van der Waals surface area contributed by atoms with Gasteiger partial charge in [-0.1, -0.05) is 24.3 Å². The van der Waals surface area contributed by atoms with Crippen LogP contribution < -0.4 is 5.56 Å². The molecule has 1 aliphatic heterocycles. The number of hydrogen-bond acceptors (Lipinski definition) is 3. The molecular formula is C21H19F2N3O2S. The van der Waals surface area contributed by atoms with Gasteiger partial charge in [-0.2, -0.15) is 0 Å². The summed E-state index contributed by atoms with van der Waals surface area (Å²) in [5.41, 5.74) is 1.95. The molecule has 2 heterocycles. The highest BCUT2D eigenvalue weighted by molar-refractivity contribution is 8.00. The lowest BCUT2D eigenvalue weighted by molar-refractivity contribution is -0.128. The summed E-state index contributed by atoms with van der Waals surface area (Å²) in [5.74, 6) is -1.36. The second kappa shape index (κ2) is 7.51. The van der Waals surface area contributed by atoms with Crippen molar-refractivity contribution in [3.8, 4) is 5.69 Å². The van der Waals surface area contributed by atoms with Crippen LogP contribution in [0.2, 0.25) is 0 Å². The van der Waals surface area contributed by atoms with Crippen molar-refractivity contribution in [2.24, 2.45) is 7.05 Å². The van der Waals surface area contributed by atoms with Crippen molar-refractivity contribution in [1.82, 2.24) is 14.3 Å². The van der Waals surface area contributed by atoms with E-state index < -0.39 is 17.0 Å². The Balaban J connectivity index is 1.76. The predicted molar refractivity (Wildman–Crippen MR) is 108 cm³/mol. The zero-order chi connectivity index (χ0) is 20.7. The number of para-hydroxylation sites is 1. The van der Waals surface area contributed by atoms with E-state index in [1.54, 1.807) is 16.4 Å². The third-order valence-electron chi connectivity index (χ3n) is 5.17. The summed E-state index contributed by atoms with van der Waals surface area (Å²) in [6, 6.07) is 12.5. The SMILES string of the molecule is Cc1c(C2SCC(=O)N2Cc2ccc(F)cc2F)c(=O)n(-c2ccccc2)n1C. The molecule has 0 radical (unpaired) electrons. The first-order valence-electron chi connectivity index (χ1n) is 9.07. The summed E-state index contributed by atoms with van der Waals surface area (Å²) >= 11 is 1.34. The Morgan fingerprint density at radius 1 is 1.10 bits per heavy atom. The van der Waals surface area contributed by atoms with E-state index in [9.17, 15) is 18.4 Å². The maximum absolute atomic E-state index is 14.2. The van der Waals surface area contributed by atoms with Gasteiger partial charge in [-0.3, -0.25) is 14.3 Å². The molecule has 8 heteroatoms. The molecule has 5 nitrogen and oxygen atoms in total. The highest BCUT2D eigenvalue weighted by Gasteiger charge is 2.37. The molecule has 29 heavy (non-hydrogen) atoms. The number of aromatic nitrogens is 2. The molecule has 1 unspecified atom stereocenters. The van der Waals surface area contributed by atoms with Gasteiger partial charge in [0, 0.05) is 24.4 Å². The quantitative estimate of drug-likeness (QED) is 0.655. The summed E-state index contributed by atoms with van der Waals surface area (Å²) in [7, 11) is 1.79. The standard InChI is InChI=1S/C21H19F2N3O2S/c1-13-19(20(28)26(24(13)2)16-6-4-3-5-7-16)21-25(18(27)12-29-21)11-14-8-9-15(22)10-17(14)23/h3-10,21H,11-12H2,1-2H3. The van der Waals surface area contributed by atoms with Crippen LogP contribution in [0.3, 0.4) is 0 Å². The Morgan fingerprint density at radius 3 is 2.52 bits per heavy atom. The monoisotopic (exact) mass is 415 g/mol. The van der Waals surface area contributed by atoms with Crippen molar-refractivity contribution < 1.29 is 13.6 Å². The molecule has 1 saturated heterocycles. The maximum atomic E-state index is 14.2. The van der Waals surface area contributed by atoms with E-state index in [1.807, 2.05) is 37.3 Å². The van der Waals surface area contributed by atoms with E-state index >= 15 is 0 Å². The maximum Gasteiger partial charge on any atom is 0.277 e. The fourth-order valence-corrected chi connectivity index (χ4v) is 4.85. The van der Waals surface area contributed by atoms with Crippen LogP contribution in [0.15, 0.2) is 53.3 Å². The van der Waals surface area contributed by atoms with Crippen LogP contribution in [-0.2, 0) is 18.4 Å². The number of rotatable bonds is 4. The topological polar surface area (TPSA) is 47.2 Å². The number of amides is 1. The van der Waals surface area contributed by atoms with Crippen molar-refractivity contribution in [1.29, 1.82) is 0 Å². The first kappa shape index (κ1) is 19.4. The van der Waals surface area contributed by atoms with E-state index in [0.717, 1.165) is 23.5 Å². The van der Waals surface area contributed by atoms with E-state index in [0.29, 0.717) is 5.56 Å². The summed E-state index contributed by atoms with van der Waals surface area (Å²) in [4.78, 5) is 27.3. The van der Waals surface area contributed by atoms with Crippen LogP contribution in [0.4, 0.5) is 8.78 Å². The number of halogens is 2. The fourth-order valence-electron chi connectivity index (χ4n) is 3.57. The predicted octanol–water partition coefficient (Wildman–Crippen LogP) is 3.54. The van der Waals surface area contributed by atoms with Crippen LogP contribution in [0, 0.1) is 18.6 Å². The van der Waals surface area contributed by atoms with E-state index in [2.05, 4.69) is 0 Å². The van der Waals surface area contributed by atoms with Crippen LogP contribution in [0.5, 0.6) is 0 Å². The smallest absolute Gasteiger partial charge is 0.277 e. The van der Waals surface area contributed by atoms with Gasteiger partial charge in [0.05, 0.1) is 23.5 Å². The van der Waals surface area contributed by atoms with E-state index in [1.165, 1.54) is 22.7 Å². The minimum Gasteiger partial charge on any atom is -0.321 e. The first-order chi connectivity index (χ1) is 13.9. The lowest BCUT2D eigenvalue weighted by Gasteiger charge is -2.23. The molecule has 0 aliphatic carbocycles. The molecule has 0 bridgehead atoms. The third kappa shape index (κ3) is 3.37. The Morgan fingerprint density at radius 2 is 1.83 bits per heavy atom. The second-order valence-corrected chi connectivity index (χ2v) is 7.96. The van der Waals surface area contributed by atoms with Crippen LogP contribution >= 0.6 is 11.8 Å². The molecule has 4 rings (SSSR count). The zero-order valence-corrected chi connectivity index (χ0v) is 16.7. The number of carbonyl (C=O) groups excluding carboxylic acids is 1. The van der Waals surface area contributed by atoms with Gasteiger partial charge in [0.25, 0.3) is 5.56 Å². The summed E-state index contributed by atoms with van der Waals surface area (Å²) in [6.07, 6.45) is 0. The Labute approximate surface area is 170 Å².